The van der Waals surface area contributed by atoms with Gasteiger partial charge in [-0.2, -0.15) is 0 Å². The quantitative estimate of drug-likeness (QED) is 0.911. The lowest BCUT2D eigenvalue weighted by molar-refractivity contribution is 0.0650. The second kappa shape index (κ2) is 6.15. The maximum Gasteiger partial charge on any atom is 0.254 e. The third-order valence-corrected chi connectivity index (χ3v) is 5.14. The molecule has 0 spiro atoms. The molecule has 1 fully saturated rings. The van der Waals surface area contributed by atoms with E-state index in [2.05, 4.69) is 0 Å². The second-order valence-corrected chi connectivity index (χ2v) is 7.68. The fraction of sp³-hybridized carbons (Fsp3) is 0.533. The number of benzene rings is 1. The number of sulfone groups is 1. The topological polar surface area (TPSA) is 74.7 Å². The largest absolute Gasteiger partial charge is 0.396 e. The molecule has 1 N–H and O–H groups in total. The van der Waals surface area contributed by atoms with Crippen molar-refractivity contribution in [2.24, 2.45) is 5.92 Å². The van der Waals surface area contributed by atoms with Gasteiger partial charge >= 0.3 is 0 Å². The number of likely N-dealkylation sites (tertiary alicyclic amines) is 1. The average Bonchev–Trinajstić information content (AvgIpc) is 2.46. The first-order valence-corrected chi connectivity index (χ1v) is 8.93. The van der Waals surface area contributed by atoms with Gasteiger partial charge in [0.25, 0.3) is 5.91 Å². The van der Waals surface area contributed by atoms with Crippen molar-refractivity contribution in [3.05, 3.63) is 29.3 Å². The highest BCUT2D eigenvalue weighted by atomic mass is 32.2. The Morgan fingerprint density at radius 2 is 1.95 bits per heavy atom. The molecule has 1 saturated heterocycles. The Kier molecular flexibility index (Phi) is 4.68. The maximum atomic E-state index is 12.6. The summed E-state index contributed by atoms with van der Waals surface area (Å²) in [5.74, 6) is 0.131. The van der Waals surface area contributed by atoms with Crippen LogP contribution in [0.15, 0.2) is 23.1 Å². The molecular formula is C15H21NO4S. The number of aliphatic hydroxyl groups is 1. The van der Waals surface area contributed by atoms with Crippen LogP contribution in [-0.4, -0.2) is 50.3 Å². The molecule has 1 amide bonds. The number of carbonyl (C=O) groups is 1. The molecule has 0 aliphatic carbocycles. The molecule has 1 aliphatic heterocycles. The molecule has 0 radical (unpaired) electrons. The number of amides is 1. The first kappa shape index (κ1) is 16.0. The number of aryl methyl sites for hydroxylation is 1. The second-order valence-electron chi connectivity index (χ2n) is 5.67. The average molecular weight is 311 g/mol. The van der Waals surface area contributed by atoms with E-state index in [1.807, 2.05) is 0 Å². The monoisotopic (exact) mass is 311 g/mol. The van der Waals surface area contributed by atoms with Crippen molar-refractivity contribution in [1.29, 1.82) is 0 Å². The number of rotatable bonds is 3. The molecule has 0 bridgehead atoms. The molecule has 21 heavy (non-hydrogen) atoms. The van der Waals surface area contributed by atoms with Crippen molar-refractivity contribution in [1.82, 2.24) is 4.90 Å². The third-order valence-electron chi connectivity index (χ3n) is 4.03. The molecule has 1 heterocycles. The molecule has 0 unspecified atom stereocenters. The number of carbonyl (C=O) groups excluding carboxylic acids is 1. The molecular weight excluding hydrogens is 290 g/mol. The van der Waals surface area contributed by atoms with Gasteiger partial charge in [0.15, 0.2) is 9.84 Å². The van der Waals surface area contributed by atoms with Gasteiger partial charge in [-0.05, 0) is 43.4 Å². The van der Waals surface area contributed by atoms with Crippen LogP contribution in [0.3, 0.4) is 0 Å². The molecule has 1 aromatic rings. The number of piperidine rings is 1. The summed E-state index contributed by atoms with van der Waals surface area (Å²) in [7, 11) is -3.32. The van der Waals surface area contributed by atoms with Gasteiger partial charge in [0.1, 0.15) is 0 Å². The normalized spacial score (nSPS) is 17.0. The Morgan fingerprint density at radius 3 is 2.48 bits per heavy atom. The maximum absolute atomic E-state index is 12.6. The molecule has 0 aromatic heterocycles. The molecule has 0 saturated carbocycles. The fourth-order valence-corrected chi connectivity index (χ4v) is 3.20. The number of aliphatic hydroxyl groups excluding tert-OH is 1. The smallest absolute Gasteiger partial charge is 0.254 e. The highest BCUT2D eigenvalue weighted by Gasteiger charge is 2.24. The Balaban J connectivity index is 2.23. The van der Waals surface area contributed by atoms with Crippen molar-refractivity contribution in [2.75, 3.05) is 26.0 Å². The molecule has 116 valence electrons. The Morgan fingerprint density at radius 1 is 1.33 bits per heavy atom. The molecule has 1 aliphatic rings. The summed E-state index contributed by atoms with van der Waals surface area (Å²) < 4.78 is 23.2. The van der Waals surface area contributed by atoms with E-state index in [4.69, 9.17) is 5.11 Å². The summed E-state index contributed by atoms with van der Waals surface area (Å²) in [4.78, 5) is 14.5. The van der Waals surface area contributed by atoms with Crippen LogP contribution in [-0.2, 0) is 9.84 Å². The lowest BCUT2D eigenvalue weighted by Crippen LogP contribution is -2.39. The van der Waals surface area contributed by atoms with Gasteiger partial charge in [-0.3, -0.25) is 4.79 Å². The minimum Gasteiger partial charge on any atom is -0.396 e. The Bertz CT molecular complexity index is 631. The molecule has 1 aromatic carbocycles. The van der Waals surface area contributed by atoms with Crippen LogP contribution >= 0.6 is 0 Å². The van der Waals surface area contributed by atoms with Crippen LogP contribution < -0.4 is 0 Å². The van der Waals surface area contributed by atoms with Gasteiger partial charge in [0.05, 0.1) is 4.90 Å². The Hall–Kier alpha value is -1.40. The minimum atomic E-state index is -3.32. The summed E-state index contributed by atoms with van der Waals surface area (Å²) in [5, 5.41) is 9.13. The van der Waals surface area contributed by atoms with Gasteiger partial charge in [-0.25, -0.2) is 8.42 Å². The van der Waals surface area contributed by atoms with Gasteiger partial charge < -0.3 is 10.0 Å². The zero-order valence-corrected chi connectivity index (χ0v) is 13.2. The van der Waals surface area contributed by atoms with Crippen LogP contribution in [0.25, 0.3) is 0 Å². The van der Waals surface area contributed by atoms with E-state index in [1.165, 1.54) is 12.1 Å². The summed E-state index contributed by atoms with van der Waals surface area (Å²) in [5.41, 5.74) is 1.22. The van der Waals surface area contributed by atoms with Crippen molar-refractivity contribution in [3.8, 4) is 0 Å². The standard InChI is InChI=1S/C15H21NO4S/c1-11-3-4-13(21(2,19)20)9-14(11)15(18)16-7-5-12(10-17)6-8-16/h3-4,9,12,17H,5-8,10H2,1-2H3. The summed E-state index contributed by atoms with van der Waals surface area (Å²) in [6, 6.07) is 4.66. The van der Waals surface area contributed by atoms with Crippen LogP contribution in [0, 0.1) is 12.8 Å². The van der Waals surface area contributed by atoms with Gasteiger partial charge in [-0.15, -0.1) is 0 Å². The number of nitrogens with zero attached hydrogens (tertiary/aromatic N) is 1. The number of hydrogen-bond acceptors (Lipinski definition) is 4. The van der Waals surface area contributed by atoms with E-state index in [-0.39, 0.29) is 23.3 Å². The zero-order valence-electron chi connectivity index (χ0n) is 12.4. The zero-order chi connectivity index (χ0) is 15.6. The highest BCUT2D eigenvalue weighted by Crippen LogP contribution is 2.21. The molecule has 0 atom stereocenters. The van der Waals surface area contributed by atoms with Crippen LogP contribution in [0.5, 0.6) is 0 Å². The molecule has 5 nitrogen and oxygen atoms in total. The Labute approximate surface area is 125 Å². The van der Waals surface area contributed by atoms with Crippen LogP contribution in [0.1, 0.15) is 28.8 Å². The van der Waals surface area contributed by atoms with E-state index in [1.54, 1.807) is 17.9 Å². The van der Waals surface area contributed by atoms with Crippen molar-refractivity contribution >= 4 is 15.7 Å². The third kappa shape index (κ3) is 3.63. The molecule has 6 heteroatoms. The van der Waals surface area contributed by atoms with Crippen molar-refractivity contribution < 1.29 is 18.3 Å². The van der Waals surface area contributed by atoms with E-state index < -0.39 is 9.84 Å². The van der Waals surface area contributed by atoms with Crippen LogP contribution in [0.2, 0.25) is 0 Å². The summed E-state index contributed by atoms with van der Waals surface area (Å²) in [6.07, 6.45) is 2.71. The summed E-state index contributed by atoms with van der Waals surface area (Å²) >= 11 is 0. The summed E-state index contributed by atoms with van der Waals surface area (Å²) in [6.45, 7) is 3.17. The minimum absolute atomic E-state index is 0.130. The van der Waals surface area contributed by atoms with Crippen molar-refractivity contribution in [3.63, 3.8) is 0 Å². The van der Waals surface area contributed by atoms with Gasteiger partial charge in [-0.1, -0.05) is 6.07 Å². The first-order chi connectivity index (χ1) is 9.82. The fourth-order valence-electron chi connectivity index (χ4n) is 2.55. The van der Waals surface area contributed by atoms with E-state index in [9.17, 15) is 13.2 Å². The van der Waals surface area contributed by atoms with E-state index >= 15 is 0 Å². The van der Waals surface area contributed by atoms with Gasteiger partial charge in [0, 0.05) is 31.5 Å². The predicted octanol–water partition coefficient (Wildman–Crippen LogP) is 1.24. The number of hydrogen-bond donors (Lipinski definition) is 1. The van der Waals surface area contributed by atoms with E-state index in [0.29, 0.717) is 18.7 Å². The lowest BCUT2D eigenvalue weighted by Gasteiger charge is -2.31. The van der Waals surface area contributed by atoms with Crippen LogP contribution in [0.4, 0.5) is 0 Å². The highest BCUT2D eigenvalue weighted by molar-refractivity contribution is 7.90. The lowest BCUT2D eigenvalue weighted by atomic mass is 9.97. The first-order valence-electron chi connectivity index (χ1n) is 7.03. The SMILES string of the molecule is Cc1ccc(S(C)(=O)=O)cc1C(=O)N1CCC(CO)CC1. The molecule has 2 rings (SSSR count). The van der Waals surface area contributed by atoms with Gasteiger partial charge in [0.2, 0.25) is 0 Å². The van der Waals surface area contributed by atoms with Crippen molar-refractivity contribution in [2.45, 2.75) is 24.7 Å². The van der Waals surface area contributed by atoms with E-state index in [0.717, 1.165) is 24.7 Å². The predicted molar refractivity (Wildman–Crippen MR) is 80.0 cm³/mol.